The summed E-state index contributed by atoms with van der Waals surface area (Å²) in [6.45, 7) is 0.252. The van der Waals surface area contributed by atoms with Crippen LogP contribution in [-0.2, 0) is 13.6 Å². The maximum Gasteiger partial charge on any atom is 0.406 e. The molecular formula is C22H21F3N6O. The monoisotopic (exact) mass is 442 g/mol. The molecule has 32 heavy (non-hydrogen) atoms. The Morgan fingerprint density at radius 1 is 1.09 bits per heavy atom. The number of hydrogen-bond acceptors (Lipinski definition) is 4. The molecule has 1 aliphatic rings. The van der Waals surface area contributed by atoms with Gasteiger partial charge >= 0.3 is 6.18 Å². The highest BCUT2D eigenvalue weighted by atomic mass is 19.4. The molecule has 0 bridgehead atoms. The lowest BCUT2D eigenvalue weighted by atomic mass is 10.1. The number of pyridine rings is 2. The number of nitrogens with zero attached hydrogens (tertiary/aromatic N) is 6. The minimum atomic E-state index is -4.42. The topological polar surface area (TPSA) is 68.8 Å². The number of aromatic nitrogens is 5. The van der Waals surface area contributed by atoms with Gasteiger partial charge in [0, 0.05) is 37.9 Å². The largest absolute Gasteiger partial charge is 0.406 e. The Bertz CT molecular complexity index is 1320. The Morgan fingerprint density at radius 3 is 2.62 bits per heavy atom. The first-order valence-electron chi connectivity index (χ1n) is 10.4. The van der Waals surface area contributed by atoms with E-state index in [9.17, 15) is 18.0 Å². The van der Waals surface area contributed by atoms with E-state index in [4.69, 9.17) is 0 Å². The van der Waals surface area contributed by atoms with E-state index in [1.165, 1.54) is 12.4 Å². The van der Waals surface area contributed by atoms with Crippen molar-refractivity contribution in [1.82, 2.24) is 29.0 Å². The van der Waals surface area contributed by atoms with Gasteiger partial charge in [0.15, 0.2) is 11.5 Å². The Kier molecular flexibility index (Phi) is 4.87. The van der Waals surface area contributed by atoms with E-state index < -0.39 is 12.7 Å². The Labute approximate surface area is 181 Å². The van der Waals surface area contributed by atoms with Gasteiger partial charge in [-0.3, -0.25) is 4.79 Å². The van der Waals surface area contributed by atoms with E-state index in [-0.39, 0.29) is 11.6 Å². The molecule has 0 spiro atoms. The number of carbonyl (C=O) groups excluding carboxylic acids is 1. The van der Waals surface area contributed by atoms with Crippen molar-refractivity contribution in [1.29, 1.82) is 0 Å². The van der Waals surface area contributed by atoms with Gasteiger partial charge in [-0.2, -0.15) is 13.2 Å². The van der Waals surface area contributed by atoms with Crippen molar-refractivity contribution < 1.29 is 18.0 Å². The average Bonchev–Trinajstić information content (AvgIpc) is 3.30. The zero-order chi connectivity index (χ0) is 22.5. The number of rotatable bonds is 3. The third-order valence-electron chi connectivity index (χ3n) is 5.82. The summed E-state index contributed by atoms with van der Waals surface area (Å²) in [6.07, 6.45) is 1.63. The highest BCUT2D eigenvalue weighted by Crippen LogP contribution is 2.31. The average molecular weight is 442 g/mol. The van der Waals surface area contributed by atoms with Crippen molar-refractivity contribution in [3.05, 3.63) is 42.2 Å². The summed E-state index contributed by atoms with van der Waals surface area (Å²) in [5, 5.41) is 0.590. The van der Waals surface area contributed by atoms with Crippen LogP contribution in [0.4, 0.5) is 13.2 Å². The van der Waals surface area contributed by atoms with Gasteiger partial charge in [0.1, 0.15) is 17.7 Å². The molecule has 1 saturated heterocycles. The summed E-state index contributed by atoms with van der Waals surface area (Å²) in [5.74, 6) is 0.235. The first-order valence-corrected chi connectivity index (χ1v) is 10.4. The fourth-order valence-corrected chi connectivity index (χ4v) is 4.31. The number of imidazole rings is 1. The lowest BCUT2D eigenvalue weighted by Crippen LogP contribution is -2.35. The quantitative estimate of drug-likeness (QED) is 0.478. The maximum absolute atomic E-state index is 13.3. The van der Waals surface area contributed by atoms with Crippen molar-refractivity contribution >= 4 is 28.1 Å². The standard InChI is InChI=1S/C22H21F3N6O/c1-29-19-16(10-15(12-27-19)21(32)30-8-3-2-4-9-30)28-20(29)17-11-14-6-5-7-26-18(14)31(17)13-22(23,24)25/h5-7,10-12H,2-4,8-9,13H2,1H3. The number of likely N-dealkylation sites (tertiary alicyclic amines) is 1. The highest BCUT2D eigenvalue weighted by Gasteiger charge is 2.31. The van der Waals surface area contributed by atoms with Crippen molar-refractivity contribution in [3.8, 4) is 11.5 Å². The van der Waals surface area contributed by atoms with Gasteiger partial charge in [-0.15, -0.1) is 0 Å². The first-order chi connectivity index (χ1) is 15.3. The molecule has 0 unspecified atom stereocenters. The van der Waals surface area contributed by atoms with Gasteiger partial charge in [-0.1, -0.05) is 0 Å². The van der Waals surface area contributed by atoms with Crippen molar-refractivity contribution in [2.24, 2.45) is 7.05 Å². The molecular weight excluding hydrogens is 421 g/mol. The molecule has 0 radical (unpaired) electrons. The number of carbonyl (C=O) groups is 1. The minimum Gasteiger partial charge on any atom is -0.339 e. The van der Waals surface area contributed by atoms with Crippen LogP contribution < -0.4 is 0 Å². The lowest BCUT2D eigenvalue weighted by molar-refractivity contribution is -0.139. The second-order valence-corrected chi connectivity index (χ2v) is 8.06. The molecule has 4 aromatic rings. The van der Waals surface area contributed by atoms with Crippen molar-refractivity contribution in [2.75, 3.05) is 13.1 Å². The molecule has 166 valence electrons. The van der Waals surface area contributed by atoms with Crippen molar-refractivity contribution in [3.63, 3.8) is 0 Å². The van der Waals surface area contributed by atoms with Gasteiger partial charge in [0.2, 0.25) is 0 Å². The highest BCUT2D eigenvalue weighted by molar-refractivity contribution is 5.97. The first kappa shape index (κ1) is 20.5. The number of aryl methyl sites for hydroxylation is 1. The minimum absolute atomic E-state index is 0.0957. The fourth-order valence-electron chi connectivity index (χ4n) is 4.31. The van der Waals surface area contributed by atoms with E-state index in [0.29, 0.717) is 33.6 Å². The van der Waals surface area contributed by atoms with E-state index in [0.717, 1.165) is 36.9 Å². The molecule has 0 aliphatic carbocycles. The van der Waals surface area contributed by atoms with E-state index in [1.54, 1.807) is 35.9 Å². The number of piperidine rings is 1. The van der Waals surface area contributed by atoms with Crippen LogP contribution >= 0.6 is 0 Å². The zero-order valence-corrected chi connectivity index (χ0v) is 17.4. The molecule has 5 rings (SSSR count). The molecule has 10 heteroatoms. The zero-order valence-electron chi connectivity index (χ0n) is 17.4. The predicted octanol–water partition coefficient (Wildman–Crippen LogP) is 4.17. The summed E-state index contributed by atoms with van der Waals surface area (Å²) in [7, 11) is 1.70. The summed E-state index contributed by atoms with van der Waals surface area (Å²) < 4.78 is 42.8. The van der Waals surface area contributed by atoms with Gasteiger partial charge in [0.25, 0.3) is 5.91 Å². The second-order valence-electron chi connectivity index (χ2n) is 8.06. The second kappa shape index (κ2) is 7.61. The number of alkyl halides is 3. The number of amides is 1. The van der Waals surface area contributed by atoms with Crippen LogP contribution in [0.5, 0.6) is 0 Å². The Hall–Kier alpha value is -3.43. The third-order valence-corrected chi connectivity index (χ3v) is 5.82. The molecule has 0 N–H and O–H groups in total. The smallest absolute Gasteiger partial charge is 0.339 e. The normalized spacial score (nSPS) is 15.1. The molecule has 1 amide bonds. The van der Waals surface area contributed by atoms with Gasteiger partial charge in [-0.05, 0) is 43.5 Å². The van der Waals surface area contributed by atoms with Crippen LogP contribution in [0.2, 0.25) is 0 Å². The van der Waals surface area contributed by atoms with Crippen LogP contribution in [0.25, 0.3) is 33.7 Å². The number of hydrogen-bond donors (Lipinski definition) is 0. The van der Waals surface area contributed by atoms with Gasteiger partial charge in [-0.25, -0.2) is 15.0 Å². The molecule has 1 fully saturated rings. The number of fused-ring (bicyclic) bond motifs is 2. The van der Waals surface area contributed by atoms with E-state index >= 15 is 0 Å². The molecule has 7 nitrogen and oxygen atoms in total. The summed E-state index contributed by atoms with van der Waals surface area (Å²) in [5.41, 5.74) is 1.91. The fraction of sp³-hybridized carbons (Fsp3) is 0.364. The van der Waals surface area contributed by atoms with Crippen LogP contribution in [0.1, 0.15) is 29.6 Å². The maximum atomic E-state index is 13.3. The Morgan fingerprint density at radius 2 is 1.88 bits per heavy atom. The summed E-state index contributed by atoms with van der Waals surface area (Å²) in [6, 6.07) is 6.71. The van der Waals surface area contributed by atoms with Crippen LogP contribution in [0.15, 0.2) is 36.7 Å². The Balaban J connectivity index is 1.60. The van der Waals surface area contributed by atoms with Crippen molar-refractivity contribution in [2.45, 2.75) is 32.0 Å². The molecule has 1 aliphatic heterocycles. The van der Waals surface area contributed by atoms with E-state index in [1.807, 2.05) is 4.90 Å². The molecule has 0 aromatic carbocycles. The summed E-state index contributed by atoms with van der Waals surface area (Å²) >= 11 is 0. The SMILES string of the molecule is Cn1c(-c2cc3cccnc3n2CC(F)(F)F)nc2cc(C(=O)N3CCCCC3)cnc21. The molecule has 4 aromatic heterocycles. The molecule has 0 saturated carbocycles. The van der Waals surface area contributed by atoms with Crippen LogP contribution in [0.3, 0.4) is 0 Å². The van der Waals surface area contributed by atoms with Gasteiger partial charge in [0.05, 0.1) is 11.3 Å². The summed E-state index contributed by atoms with van der Waals surface area (Å²) in [4.78, 5) is 27.8. The van der Waals surface area contributed by atoms with Crippen LogP contribution in [0, 0.1) is 0 Å². The van der Waals surface area contributed by atoms with E-state index in [2.05, 4.69) is 15.0 Å². The molecule has 0 atom stereocenters. The van der Waals surface area contributed by atoms with Gasteiger partial charge < -0.3 is 14.0 Å². The predicted molar refractivity (Wildman–Crippen MR) is 113 cm³/mol. The lowest BCUT2D eigenvalue weighted by Gasteiger charge is -2.26. The van der Waals surface area contributed by atoms with Crippen LogP contribution in [-0.4, -0.2) is 54.2 Å². The molecule has 5 heterocycles. The third kappa shape index (κ3) is 3.59. The number of halogens is 3.